The van der Waals surface area contributed by atoms with Gasteiger partial charge in [-0.15, -0.1) is 0 Å². The molecule has 1 fully saturated rings. The standard InChI is InChI=1S/C18H13ClN2O7S/c1-2-27-16(22)9-20-17(23)15(29-18(20)24)8-11-4-6-14(28-11)12-5-3-10(19)7-13(12)21(25)26/h3-8H,2,9H2,1H3/b15-8+. The van der Waals surface area contributed by atoms with Crippen LogP contribution in [0.5, 0.6) is 0 Å². The molecule has 150 valence electrons. The summed E-state index contributed by atoms with van der Waals surface area (Å²) >= 11 is 6.47. The van der Waals surface area contributed by atoms with Crippen molar-refractivity contribution < 1.29 is 28.5 Å². The van der Waals surface area contributed by atoms with Crippen LogP contribution >= 0.6 is 23.4 Å². The number of carbonyl (C=O) groups excluding carboxylic acids is 3. The zero-order valence-corrected chi connectivity index (χ0v) is 16.5. The quantitative estimate of drug-likeness (QED) is 0.287. The second kappa shape index (κ2) is 8.50. The number of rotatable bonds is 6. The van der Waals surface area contributed by atoms with Crippen LogP contribution in [-0.4, -0.2) is 40.1 Å². The van der Waals surface area contributed by atoms with Gasteiger partial charge in [0.25, 0.3) is 16.8 Å². The molecule has 3 rings (SSSR count). The third-order valence-electron chi connectivity index (χ3n) is 3.79. The molecule has 0 N–H and O–H groups in total. The van der Waals surface area contributed by atoms with Gasteiger partial charge in [0.1, 0.15) is 18.1 Å². The first kappa shape index (κ1) is 20.6. The Kier molecular flexibility index (Phi) is 6.04. The number of furan rings is 1. The summed E-state index contributed by atoms with van der Waals surface area (Å²) < 4.78 is 10.3. The summed E-state index contributed by atoms with van der Waals surface area (Å²) in [6.07, 6.45) is 1.33. The molecule has 0 aliphatic carbocycles. The predicted octanol–water partition coefficient (Wildman–Crippen LogP) is 4.11. The fraction of sp³-hybridized carbons (Fsp3) is 0.167. The zero-order valence-electron chi connectivity index (χ0n) is 14.9. The van der Waals surface area contributed by atoms with Crippen LogP contribution < -0.4 is 0 Å². The predicted molar refractivity (Wildman–Crippen MR) is 105 cm³/mol. The summed E-state index contributed by atoms with van der Waals surface area (Å²) in [5, 5.41) is 10.9. The Balaban J connectivity index is 1.84. The van der Waals surface area contributed by atoms with Crippen molar-refractivity contribution in [1.82, 2.24) is 4.90 Å². The lowest BCUT2D eigenvalue weighted by molar-refractivity contribution is -0.384. The topological polar surface area (TPSA) is 120 Å². The molecule has 1 aliphatic rings. The van der Waals surface area contributed by atoms with E-state index in [0.717, 1.165) is 4.90 Å². The van der Waals surface area contributed by atoms with E-state index in [2.05, 4.69) is 0 Å². The number of halogens is 1. The van der Waals surface area contributed by atoms with Crippen molar-refractivity contribution in [2.75, 3.05) is 13.2 Å². The van der Waals surface area contributed by atoms with E-state index in [4.69, 9.17) is 20.8 Å². The fourth-order valence-electron chi connectivity index (χ4n) is 2.54. The average molecular weight is 437 g/mol. The number of thioether (sulfide) groups is 1. The SMILES string of the molecule is CCOC(=O)CN1C(=O)S/C(=C/c2ccc(-c3ccc(Cl)cc3[N+](=O)[O-])o2)C1=O. The number of esters is 1. The van der Waals surface area contributed by atoms with E-state index in [0.29, 0.717) is 11.8 Å². The molecule has 0 unspecified atom stereocenters. The highest BCUT2D eigenvalue weighted by Crippen LogP contribution is 2.36. The number of ether oxygens (including phenoxy) is 1. The van der Waals surface area contributed by atoms with Crippen LogP contribution in [-0.2, 0) is 14.3 Å². The Bertz CT molecular complexity index is 1050. The molecule has 1 aliphatic heterocycles. The van der Waals surface area contributed by atoms with E-state index in [1.807, 2.05) is 0 Å². The molecule has 0 bridgehead atoms. The molecule has 0 saturated carbocycles. The van der Waals surface area contributed by atoms with Crippen LogP contribution in [0.15, 0.2) is 39.7 Å². The number of hydrogen-bond donors (Lipinski definition) is 0. The number of nitro groups is 1. The van der Waals surface area contributed by atoms with Crippen LogP contribution in [0, 0.1) is 10.1 Å². The second-order valence-corrected chi connectivity index (χ2v) is 7.12. The molecule has 0 spiro atoms. The third kappa shape index (κ3) is 4.49. The molecule has 1 aromatic heterocycles. The molecule has 29 heavy (non-hydrogen) atoms. The molecule has 11 heteroatoms. The first-order chi connectivity index (χ1) is 13.8. The Morgan fingerprint density at radius 2 is 2.10 bits per heavy atom. The van der Waals surface area contributed by atoms with Gasteiger partial charge < -0.3 is 9.15 Å². The Labute approximate surface area is 173 Å². The molecule has 0 atom stereocenters. The van der Waals surface area contributed by atoms with Gasteiger partial charge in [0.05, 0.1) is 22.0 Å². The summed E-state index contributed by atoms with van der Waals surface area (Å²) in [6, 6.07) is 7.17. The Morgan fingerprint density at radius 3 is 2.79 bits per heavy atom. The molecule has 2 heterocycles. The number of nitrogens with zero attached hydrogens (tertiary/aromatic N) is 2. The van der Waals surface area contributed by atoms with Crippen molar-refractivity contribution in [3.8, 4) is 11.3 Å². The molecule has 2 aromatic rings. The highest BCUT2D eigenvalue weighted by Gasteiger charge is 2.37. The van der Waals surface area contributed by atoms with Gasteiger partial charge in [-0.3, -0.25) is 29.4 Å². The second-order valence-electron chi connectivity index (χ2n) is 5.69. The first-order valence-corrected chi connectivity index (χ1v) is 9.44. The summed E-state index contributed by atoms with van der Waals surface area (Å²) in [6.45, 7) is 1.28. The monoisotopic (exact) mass is 436 g/mol. The number of amides is 2. The summed E-state index contributed by atoms with van der Waals surface area (Å²) in [7, 11) is 0. The number of benzene rings is 1. The van der Waals surface area contributed by atoms with Gasteiger partial charge >= 0.3 is 5.97 Å². The normalized spacial score (nSPS) is 15.2. The Hall–Kier alpha value is -3.11. The largest absolute Gasteiger partial charge is 0.465 e. The van der Waals surface area contributed by atoms with Gasteiger partial charge in [-0.05, 0) is 43.0 Å². The van der Waals surface area contributed by atoms with E-state index in [1.54, 1.807) is 6.92 Å². The molecule has 0 radical (unpaired) electrons. The third-order valence-corrected chi connectivity index (χ3v) is 4.93. The lowest BCUT2D eigenvalue weighted by atomic mass is 10.1. The summed E-state index contributed by atoms with van der Waals surface area (Å²) in [4.78, 5) is 47.4. The van der Waals surface area contributed by atoms with E-state index in [1.165, 1.54) is 36.4 Å². The molecular weight excluding hydrogens is 424 g/mol. The van der Waals surface area contributed by atoms with E-state index < -0.39 is 28.6 Å². The highest BCUT2D eigenvalue weighted by atomic mass is 35.5. The number of nitro benzene ring substituents is 1. The number of carbonyl (C=O) groups is 3. The van der Waals surface area contributed by atoms with E-state index in [-0.39, 0.29) is 39.3 Å². The van der Waals surface area contributed by atoms with Crippen LogP contribution in [0.25, 0.3) is 17.4 Å². The summed E-state index contributed by atoms with van der Waals surface area (Å²) in [5.41, 5.74) is -0.0115. The zero-order chi connectivity index (χ0) is 21.1. The molecule has 2 amide bonds. The van der Waals surface area contributed by atoms with Crippen molar-refractivity contribution in [3.05, 3.63) is 56.1 Å². The van der Waals surface area contributed by atoms with Crippen molar-refractivity contribution in [2.24, 2.45) is 0 Å². The molecular formula is C18H13ClN2O7S. The van der Waals surface area contributed by atoms with Crippen LogP contribution in [0.2, 0.25) is 5.02 Å². The average Bonchev–Trinajstić information content (AvgIpc) is 3.22. The van der Waals surface area contributed by atoms with Crippen molar-refractivity contribution >= 4 is 52.2 Å². The lowest BCUT2D eigenvalue weighted by Crippen LogP contribution is -2.34. The lowest BCUT2D eigenvalue weighted by Gasteiger charge is -2.10. The van der Waals surface area contributed by atoms with Crippen LogP contribution in [0.1, 0.15) is 12.7 Å². The van der Waals surface area contributed by atoms with Crippen LogP contribution in [0.4, 0.5) is 10.5 Å². The van der Waals surface area contributed by atoms with Crippen LogP contribution in [0.3, 0.4) is 0 Å². The number of hydrogen-bond acceptors (Lipinski definition) is 8. The maximum atomic E-state index is 12.4. The molecule has 1 aromatic carbocycles. The summed E-state index contributed by atoms with van der Waals surface area (Å²) in [5.74, 6) is -0.925. The van der Waals surface area contributed by atoms with Crippen molar-refractivity contribution in [2.45, 2.75) is 6.92 Å². The van der Waals surface area contributed by atoms with Crippen molar-refractivity contribution in [1.29, 1.82) is 0 Å². The van der Waals surface area contributed by atoms with Gasteiger partial charge in [-0.2, -0.15) is 0 Å². The highest BCUT2D eigenvalue weighted by molar-refractivity contribution is 8.18. The van der Waals surface area contributed by atoms with Gasteiger partial charge in [0, 0.05) is 17.2 Å². The van der Waals surface area contributed by atoms with Gasteiger partial charge in [0.15, 0.2) is 0 Å². The van der Waals surface area contributed by atoms with E-state index >= 15 is 0 Å². The fourth-order valence-corrected chi connectivity index (χ4v) is 3.53. The smallest absolute Gasteiger partial charge is 0.326 e. The maximum absolute atomic E-state index is 12.4. The van der Waals surface area contributed by atoms with Gasteiger partial charge in [-0.1, -0.05) is 11.6 Å². The number of imide groups is 1. The van der Waals surface area contributed by atoms with Crippen molar-refractivity contribution in [3.63, 3.8) is 0 Å². The van der Waals surface area contributed by atoms with E-state index in [9.17, 15) is 24.5 Å². The minimum atomic E-state index is -0.689. The van der Waals surface area contributed by atoms with Gasteiger partial charge in [-0.25, -0.2) is 0 Å². The molecule has 9 nitrogen and oxygen atoms in total. The minimum absolute atomic E-state index is 0.0609. The van der Waals surface area contributed by atoms with Gasteiger partial charge in [0.2, 0.25) is 0 Å². The first-order valence-electron chi connectivity index (χ1n) is 8.25. The molecule has 1 saturated heterocycles. The minimum Gasteiger partial charge on any atom is -0.465 e. The Morgan fingerprint density at radius 1 is 1.34 bits per heavy atom. The maximum Gasteiger partial charge on any atom is 0.326 e.